The molecule has 0 aromatic heterocycles. The molecule has 2 aromatic carbocycles. The molecular formula is C21H24O3. The van der Waals surface area contributed by atoms with Crippen LogP contribution in [0.4, 0.5) is 0 Å². The molecule has 3 heteroatoms. The van der Waals surface area contributed by atoms with E-state index in [-0.39, 0.29) is 17.3 Å². The predicted octanol–water partition coefficient (Wildman–Crippen LogP) is 4.30. The lowest BCUT2D eigenvalue weighted by molar-refractivity contribution is 0.103. The average Bonchev–Trinajstić information content (AvgIpc) is 3.37. The van der Waals surface area contributed by atoms with E-state index >= 15 is 0 Å². The van der Waals surface area contributed by atoms with E-state index in [0.717, 1.165) is 29.0 Å². The summed E-state index contributed by atoms with van der Waals surface area (Å²) < 4.78 is 11.0. The Kier molecular flexibility index (Phi) is 4.46. The number of carbonyl (C=O) groups is 1. The molecule has 0 aliphatic carbocycles. The predicted molar refractivity (Wildman–Crippen MR) is 95.0 cm³/mol. The van der Waals surface area contributed by atoms with Gasteiger partial charge >= 0.3 is 0 Å². The quantitative estimate of drug-likeness (QED) is 0.608. The molecule has 3 rings (SSSR count). The number of rotatable bonds is 5. The number of hydrogen-bond acceptors (Lipinski definition) is 3. The Bertz CT molecular complexity index is 752. The highest BCUT2D eigenvalue weighted by atomic mass is 16.6. The first-order valence-corrected chi connectivity index (χ1v) is 8.36. The minimum Gasteiger partial charge on any atom is -0.490 e. The Hall–Kier alpha value is -2.13. The molecule has 0 spiro atoms. The molecule has 0 bridgehead atoms. The van der Waals surface area contributed by atoms with Crippen LogP contribution in [0, 0.1) is 6.92 Å². The summed E-state index contributed by atoms with van der Waals surface area (Å²) in [5.41, 5.74) is 3.31. The van der Waals surface area contributed by atoms with E-state index in [1.807, 2.05) is 49.4 Å². The van der Waals surface area contributed by atoms with Crippen LogP contribution in [-0.4, -0.2) is 25.1 Å². The largest absolute Gasteiger partial charge is 0.490 e. The zero-order chi connectivity index (χ0) is 17.3. The number of ether oxygens (including phenoxy) is 2. The van der Waals surface area contributed by atoms with Gasteiger partial charge in [0.25, 0.3) is 0 Å². The molecule has 0 amide bonds. The summed E-state index contributed by atoms with van der Waals surface area (Å²) in [7, 11) is 0. The molecule has 1 heterocycles. The molecule has 0 saturated carbocycles. The molecule has 1 unspecified atom stereocenters. The Morgan fingerprint density at radius 1 is 1.12 bits per heavy atom. The van der Waals surface area contributed by atoms with Crippen molar-refractivity contribution in [2.75, 3.05) is 13.2 Å². The van der Waals surface area contributed by atoms with Crippen LogP contribution in [0.1, 0.15) is 47.8 Å². The smallest absolute Gasteiger partial charge is 0.193 e. The molecule has 1 aliphatic heterocycles. The fourth-order valence-corrected chi connectivity index (χ4v) is 2.84. The number of benzene rings is 2. The summed E-state index contributed by atoms with van der Waals surface area (Å²) in [6.07, 6.45) is 0.199. The maximum absolute atomic E-state index is 13.2. The maximum Gasteiger partial charge on any atom is 0.193 e. The monoisotopic (exact) mass is 324 g/mol. The molecule has 1 fully saturated rings. The van der Waals surface area contributed by atoms with Crippen LogP contribution in [0.2, 0.25) is 0 Å². The van der Waals surface area contributed by atoms with Crippen molar-refractivity contribution in [3.8, 4) is 5.75 Å². The van der Waals surface area contributed by atoms with E-state index in [0.29, 0.717) is 12.2 Å². The van der Waals surface area contributed by atoms with Gasteiger partial charge in [0.05, 0.1) is 6.61 Å². The van der Waals surface area contributed by atoms with Gasteiger partial charge in [-0.1, -0.05) is 57.2 Å². The van der Waals surface area contributed by atoms with Gasteiger partial charge in [0.1, 0.15) is 18.5 Å². The molecule has 2 aromatic rings. The first kappa shape index (κ1) is 16.7. The second-order valence-electron chi connectivity index (χ2n) is 7.32. The van der Waals surface area contributed by atoms with Crippen molar-refractivity contribution in [2.45, 2.75) is 39.2 Å². The van der Waals surface area contributed by atoms with Crippen molar-refractivity contribution in [2.24, 2.45) is 0 Å². The summed E-state index contributed by atoms with van der Waals surface area (Å²) in [5, 5.41) is 0. The van der Waals surface area contributed by atoms with Crippen LogP contribution in [0.15, 0.2) is 42.5 Å². The summed E-state index contributed by atoms with van der Waals surface area (Å²) in [6, 6.07) is 13.5. The third kappa shape index (κ3) is 3.51. The lowest BCUT2D eigenvalue weighted by Gasteiger charge is -2.22. The highest BCUT2D eigenvalue weighted by Gasteiger charge is 2.25. The van der Waals surface area contributed by atoms with E-state index in [1.54, 1.807) is 0 Å². The minimum absolute atomic E-state index is 0.0474. The van der Waals surface area contributed by atoms with Crippen LogP contribution in [0.25, 0.3) is 0 Å². The molecule has 126 valence electrons. The van der Waals surface area contributed by atoms with Gasteiger partial charge < -0.3 is 9.47 Å². The highest BCUT2D eigenvalue weighted by molar-refractivity contribution is 6.11. The molecule has 1 aliphatic rings. The fraction of sp³-hybridized carbons (Fsp3) is 0.381. The van der Waals surface area contributed by atoms with E-state index in [9.17, 15) is 4.79 Å². The molecule has 3 nitrogen and oxygen atoms in total. The van der Waals surface area contributed by atoms with Crippen molar-refractivity contribution in [1.82, 2.24) is 0 Å². The number of ketones is 1. The van der Waals surface area contributed by atoms with Crippen molar-refractivity contribution < 1.29 is 14.3 Å². The second-order valence-corrected chi connectivity index (χ2v) is 7.32. The van der Waals surface area contributed by atoms with Crippen LogP contribution in [0.5, 0.6) is 5.75 Å². The first-order chi connectivity index (χ1) is 11.4. The van der Waals surface area contributed by atoms with E-state index in [2.05, 4.69) is 20.8 Å². The van der Waals surface area contributed by atoms with Gasteiger partial charge in [-0.2, -0.15) is 0 Å². The van der Waals surface area contributed by atoms with Gasteiger partial charge in [0.15, 0.2) is 5.78 Å². The van der Waals surface area contributed by atoms with Gasteiger partial charge in [-0.05, 0) is 24.0 Å². The molecule has 0 radical (unpaired) electrons. The van der Waals surface area contributed by atoms with Crippen molar-refractivity contribution in [3.63, 3.8) is 0 Å². The van der Waals surface area contributed by atoms with Crippen LogP contribution in [0.3, 0.4) is 0 Å². The van der Waals surface area contributed by atoms with Crippen LogP contribution in [-0.2, 0) is 10.2 Å². The molecule has 1 saturated heterocycles. The molecule has 0 N–H and O–H groups in total. The van der Waals surface area contributed by atoms with E-state index in [1.165, 1.54) is 0 Å². The van der Waals surface area contributed by atoms with Gasteiger partial charge in [-0.15, -0.1) is 0 Å². The summed E-state index contributed by atoms with van der Waals surface area (Å²) in [4.78, 5) is 13.2. The molecular weight excluding hydrogens is 300 g/mol. The van der Waals surface area contributed by atoms with E-state index < -0.39 is 0 Å². The standard InChI is InChI=1S/C21H24O3/c1-14-16(9-7-11-19(14)24-13-15-12-23-15)20(22)17-8-5-6-10-18(17)21(2,3)4/h5-11,15H,12-13H2,1-4H3. The topological polar surface area (TPSA) is 38.8 Å². The van der Waals surface area contributed by atoms with Gasteiger partial charge in [0, 0.05) is 16.7 Å². The maximum atomic E-state index is 13.2. The van der Waals surface area contributed by atoms with Gasteiger partial charge in [0.2, 0.25) is 0 Å². The third-order valence-electron chi connectivity index (χ3n) is 4.34. The summed E-state index contributed by atoms with van der Waals surface area (Å²) >= 11 is 0. The second kappa shape index (κ2) is 6.40. The van der Waals surface area contributed by atoms with Crippen LogP contribution < -0.4 is 4.74 Å². The Balaban J connectivity index is 1.94. The Labute approximate surface area is 143 Å². The average molecular weight is 324 g/mol. The SMILES string of the molecule is Cc1c(OCC2CO2)cccc1C(=O)c1ccccc1C(C)(C)C. The minimum atomic E-state index is -0.0857. The normalized spacial score (nSPS) is 16.8. The van der Waals surface area contributed by atoms with Gasteiger partial charge in [-0.3, -0.25) is 4.79 Å². The van der Waals surface area contributed by atoms with Crippen LogP contribution >= 0.6 is 0 Å². The summed E-state index contributed by atoms with van der Waals surface area (Å²) in [6.45, 7) is 9.62. The molecule has 24 heavy (non-hydrogen) atoms. The Morgan fingerprint density at radius 2 is 1.79 bits per heavy atom. The van der Waals surface area contributed by atoms with Crippen molar-refractivity contribution in [3.05, 3.63) is 64.7 Å². The lowest BCUT2D eigenvalue weighted by atomic mass is 9.81. The first-order valence-electron chi connectivity index (χ1n) is 8.36. The summed E-state index contributed by atoms with van der Waals surface area (Å²) in [5.74, 6) is 0.802. The molecule has 1 atom stereocenters. The number of epoxide rings is 1. The van der Waals surface area contributed by atoms with Gasteiger partial charge in [-0.25, -0.2) is 0 Å². The zero-order valence-corrected chi connectivity index (χ0v) is 14.8. The lowest BCUT2D eigenvalue weighted by Crippen LogP contribution is -2.18. The number of carbonyl (C=O) groups excluding carboxylic acids is 1. The fourth-order valence-electron chi connectivity index (χ4n) is 2.84. The zero-order valence-electron chi connectivity index (χ0n) is 14.8. The number of hydrogen-bond donors (Lipinski definition) is 0. The van der Waals surface area contributed by atoms with Crippen molar-refractivity contribution >= 4 is 5.78 Å². The third-order valence-corrected chi connectivity index (χ3v) is 4.34. The highest BCUT2D eigenvalue weighted by Crippen LogP contribution is 2.30. The van der Waals surface area contributed by atoms with E-state index in [4.69, 9.17) is 9.47 Å². The van der Waals surface area contributed by atoms with Crippen molar-refractivity contribution in [1.29, 1.82) is 0 Å². The Morgan fingerprint density at radius 3 is 2.46 bits per heavy atom.